The van der Waals surface area contributed by atoms with Crippen molar-refractivity contribution in [2.75, 3.05) is 12.4 Å². The molecule has 0 saturated heterocycles. The van der Waals surface area contributed by atoms with E-state index in [-0.39, 0.29) is 11.4 Å². The lowest BCUT2D eigenvalue weighted by atomic mass is 10.2. The van der Waals surface area contributed by atoms with Crippen LogP contribution < -0.4 is 15.6 Å². The Morgan fingerprint density at radius 2 is 1.81 bits per heavy atom. The normalized spacial score (nSPS) is 10.6. The van der Waals surface area contributed by atoms with Gasteiger partial charge in [0.2, 0.25) is 5.82 Å². The van der Waals surface area contributed by atoms with Gasteiger partial charge in [0, 0.05) is 23.0 Å². The summed E-state index contributed by atoms with van der Waals surface area (Å²) < 4.78 is 6.77. The molecule has 0 radical (unpaired) electrons. The lowest BCUT2D eigenvalue weighted by Crippen LogP contribution is -2.26. The second-order valence-electron chi connectivity index (χ2n) is 5.65. The SMILES string of the molecule is CCn1c(SCc2ccc(OC)cc2)nnc(Nc2ccc(Cl)cc2)c1=O. The molecule has 0 aliphatic heterocycles. The number of rotatable bonds is 7. The lowest BCUT2D eigenvalue weighted by molar-refractivity contribution is 0.414. The topological polar surface area (TPSA) is 69.0 Å². The highest BCUT2D eigenvalue weighted by molar-refractivity contribution is 7.98. The minimum atomic E-state index is -0.209. The molecule has 0 aliphatic carbocycles. The van der Waals surface area contributed by atoms with Crippen LogP contribution >= 0.6 is 23.4 Å². The zero-order chi connectivity index (χ0) is 19.2. The molecule has 0 atom stereocenters. The van der Waals surface area contributed by atoms with Crippen molar-refractivity contribution in [1.29, 1.82) is 0 Å². The quantitative estimate of drug-likeness (QED) is 0.592. The summed E-state index contributed by atoms with van der Waals surface area (Å²) >= 11 is 7.36. The molecule has 0 spiro atoms. The molecule has 1 N–H and O–H groups in total. The number of nitrogens with zero attached hydrogens (tertiary/aromatic N) is 3. The predicted octanol–water partition coefficient (Wildman–Crippen LogP) is 4.36. The molecule has 0 fully saturated rings. The van der Waals surface area contributed by atoms with Gasteiger partial charge in [0.15, 0.2) is 5.16 Å². The van der Waals surface area contributed by atoms with Crippen molar-refractivity contribution in [3.8, 4) is 5.75 Å². The number of hydrogen-bond acceptors (Lipinski definition) is 6. The predicted molar refractivity (Wildman–Crippen MR) is 109 cm³/mol. The molecule has 0 saturated carbocycles. The summed E-state index contributed by atoms with van der Waals surface area (Å²) in [6.07, 6.45) is 0. The van der Waals surface area contributed by atoms with Crippen LogP contribution in [0, 0.1) is 0 Å². The van der Waals surface area contributed by atoms with Crippen LogP contribution in [0.3, 0.4) is 0 Å². The highest BCUT2D eigenvalue weighted by Crippen LogP contribution is 2.22. The first-order valence-electron chi connectivity index (χ1n) is 8.36. The van der Waals surface area contributed by atoms with E-state index in [0.717, 1.165) is 17.0 Å². The number of halogens is 1. The summed E-state index contributed by atoms with van der Waals surface area (Å²) in [6.45, 7) is 2.42. The Labute approximate surface area is 166 Å². The van der Waals surface area contributed by atoms with E-state index in [1.54, 1.807) is 35.9 Å². The van der Waals surface area contributed by atoms with E-state index in [1.807, 2.05) is 31.2 Å². The molecule has 2 aromatic carbocycles. The number of nitrogens with one attached hydrogen (secondary N) is 1. The van der Waals surface area contributed by atoms with E-state index < -0.39 is 0 Å². The fourth-order valence-electron chi connectivity index (χ4n) is 2.41. The lowest BCUT2D eigenvalue weighted by Gasteiger charge is -2.11. The van der Waals surface area contributed by atoms with Crippen LogP contribution in [0.1, 0.15) is 12.5 Å². The van der Waals surface area contributed by atoms with Crippen LogP contribution in [-0.4, -0.2) is 21.9 Å². The first-order valence-corrected chi connectivity index (χ1v) is 9.73. The number of benzene rings is 2. The molecule has 27 heavy (non-hydrogen) atoms. The molecule has 140 valence electrons. The van der Waals surface area contributed by atoms with Crippen LogP contribution in [0.15, 0.2) is 58.5 Å². The number of aromatic nitrogens is 3. The molecule has 0 bridgehead atoms. The molecule has 8 heteroatoms. The van der Waals surface area contributed by atoms with Gasteiger partial charge < -0.3 is 10.1 Å². The maximum Gasteiger partial charge on any atom is 0.297 e. The summed E-state index contributed by atoms with van der Waals surface area (Å²) in [6, 6.07) is 14.9. The second-order valence-corrected chi connectivity index (χ2v) is 7.03. The molecular weight excluding hydrogens is 384 g/mol. The van der Waals surface area contributed by atoms with Crippen LogP contribution in [0.2, 0.25) is 5.02 Å². The van der Waals surface area contributed by atoms with E-state index in [9.17, 15) is 4.79 Å². The largest absolute Gasteiger partial charge is 0.497 e. The van der Waals surface area contributed by atoms with Crippen molar-refractivity contribution in [1.82, 2.24) is 14.8 Å². The van der Waals surface area contributed by atoms with Gasteiger partial charge in [-0.3, -0.25) is 9.36 Å². The molecule has 1 aromatic heterocycles. The van der Waals surface area contributed by atoms with Gasteiger partial charge in [0.1, 0.15) is 5.75 Å². The van der Waals surface area contributed by atoms with Crippen molar-refractivity contribution >= 4 is 34.9 Å². The van der Waals surface area contributed by atoms with Crippen LogP contribution in [0.4, 0.5) is 11.5 Å². The van der Waals surface area contributed by atoms with E-state index in [2.05, 4.69) is 15.5 Å². The van der Waals surface area contributed by atoms with Crippen molar-refractivity contribution < 1.29 is 4.74 Å². The van der Waals surface area contributed by atoms with Gasteiger partial charge in [-0.2, -0.15) is 0 Å². The number of thioether (sulfide) groups is 1. The smallest absolute Gasteiger partial charge is 0.297 e. The second kappa shape index (κ2) is 8.92. The van der Waals surface area contributed by atoms with Crippen molar-refractivity contribution in [2.24, 2.45) is 0 Å². The van der Waals surface area contributed by atoms with E-state index in [1.165, 1.54) is 11.8 Å². The van der Waals surface area contributed by atoms with Gasteiger partial charge in [0.25, 0.3) is 5.56 Å². The summed E-state index contributed by atoms with van der Waals surface area (Å²) in [5.74, 6) is 1.68. The monoisotopic (exact) mass is 402 g/mol. The highest BCUT2D eigenvalue weighted by atomic mass is 35.5. The Bertz CT molecular complexity index is 959. The molecule has 0 unspecified atom stereocenters. The van der Waals surface area contributed by atoms with Gasteiger partial charge in [-0.1, -0.05) is 35.5 Å². The molecule has 6 nitrogen and oxygen atoms in total. The number of methoxy groups -OCH3 is 1. The van der Waals surface area contributed by atoms with Crippen LogP contribution in [0.25, 0.3) is 0 Å². The fraction of sp³-hybridized carbons (Fsp3) is 0.211. The highest BCUT2D eigenvalue weighted by Gasteiger charge is 2.12. The standard InChI is InChI=1S/C19H19ClN4O2S/c1-3-24-18(25)17(21-15-8-6-14(20)7-9-15)22-23-19(24)27-12-13-4-10-16(26-2)11-5-13/h4-11H,3,12H2,1-2H3,(H,21,22). The zero-order valence-electron chi connectivity index (χ0n) is 15.0. The van der Waals surface area contributed by atoms with E-state index in [0.29, 0.717) is 22.5 Å². The molecule has 1 heterocycles. The van der Waals surface area contributed by atoms with Crippen LogP contribution in [-0.2, 0) is 12.3 Å². The number of ether oxygens (including phenoxy) is 1. The third-order valence-corrected chi connectivity index (χ3v) is 5.15. The minimum absolute atomic E-state index is 0.188. The first kappa shape index (κ1) is 19.3. The molecule has 3 rings (SSSR count). The minimum Gasteiger partial charge on any atom is -0.497 e. The van der Waals surface area contributed by atoms with Gasteiger partial charge in [0.05, 0.1) is 7.11 Å². The summed E-state index contributed by atoms with van der Waals surface area (Å²) in [4.78, 5) is 12.7. The van der Waals surface area contributed by atoms with Crippen molar-refractivity contribution in [3.05, 3.63) is 69.5 Å². The molecular formula is C19H19ClN4O2S. The first-order chi connectivity index (χ1) is 13.1. The van der Waals surface area contributed by atoms with Crippen LogP contribution in [0.5, 0.6) is 5.75 Å². The zero-order valence-corrected chi connectivity index (χ0v) is 16.5. The summed E-state index contributed by atoms with van der Waals surface area (Å²) in [7, 11) is 1.64. The summed E-state index contributed by atoms with van der Waals surface area (Å²) in [5, 5.41) is 12.5. The molecule has 0 aliphatic rings. The maximum atomic E-state index is 12.7. The van der Waals surface area contributed by atoms with E-state index in [4.69, 9.17) is 16.3 Å². The Morgan fingerprint density at radius 3 is 2.44 bits per heavy atom. The average molecular weight is 403 g/mol. The Morgan fingerprint density at radius 1 is 1.11 bits per heavy atom. The Kier molecular flexibility index (Phi) is 6.36. The Balaban J connectivity index is 1.77. The van der Waals surface area contributed by atoms with Gasteiger partial charge >= 0.3 is 0 Å². The van der Waals surface area contributed by atoms with Gasteiger partial charge in [-0.05, 0) is 48.9 Å². The number of hydrogen-bond donors (Lipinski definition) is 1. The number of anilines is 2. The van der Waals surface area contributed by atoms with Gasteiger partial charge in [-0.25, -0.2) is 0 Å². The van der Waals surface area contributed by atoms with Crippen molar-refractivity contribution in [3.63, 3.8) is 0 Å². The Hall–Kier alpha value is -2.51. The third kappa shape index (κ3) is 4.81. The van der Waals surface area contributed by atoms with Gasteiger partial charge in [-0.15, -0.1) is 10.2 Å². The molecule has 3 aromatic rings. The van der Waals surface area contributed by atoms with E-state index >= 15 is 0 Å². The molecule has 0 amide bonds. The van der Waals surface area contributed by atoms with Crippen molar-refractivity contribution in [2.45, 2.75) is 24.4 Å². The summed E-state index contributed by atoms with van der Waals surface area (Å²) in [5.41, 5.74) is 1.63. The third-order valence-electron chi connectivity index (χ3n) is 3.86. The fourth-order valence-corrected chi connectivity index (χ4v) is 3.49. The maximum absolute atomic E-state index is 12.7. The average Bonchev–Trinajstić information content (AvgIpc) is 2.70.